The predicted octanol–water partition coefficient (Wildman–Crippen LogP) is 4.12. The van der Waals surface area contributed by atoms with Crippen molar-refractivity contribution in [2.45, 2.75) is 0 Å². The Hall–Kier alpha value is -1.95. The van der Waals surface area contributed by atoms with Crippen LogP contribution in [0.2, 0.25) is 15.1 Å². The Morgan fingerprint density at radius 1 is 1.22 bits per heavy atom. The van der Waals surface area contributed by atoms with E-state index in [4.69, 9.17) is 39.5 Å². The summed E-state index contributed by atoms with van der Waals surface area (Å²) in [7, 11) is 1.40. The number of methoxy groups -OCH3 is 1. The van der Waals surface area contributed by atoms with Gasteiger partial charge in [-0.15, -0.1) is 0 Å². The molecule has 120 valence electrons. The van der Waals surface area contributed by atoms with Gasteiger partial charge in [0, 0.05) is 5.02 Å². The molecule has 0 spiro atoms. The van der Waals surface area contributed by atoms with Crippen LogP contribution in [-0.4, -0.2) is 24.3 Å². The first kappa shape index (κ1) is 17.4. The Labute approximate surface area is 147 Å². The molecule has 8 heteroatoms. The summed E-state index contributed by atoms with van der Waals surface area (Å²) in [6.45, 7) is 0. The number of amides is 1. The number of nitrogens with one attached hydrogen (secondary N) is 1. The monoisotopic (exact) mass is 372 g/mol. The molecule has 0 heterocycles. The third-order valence-corrected chi connectivity index (χ3v) is 3.68. The molecule has 5 nitrogen and oxygen atoms in total. The number of hydrogen-bond donors (Lipinski definition) is 2. The van der Waals surface area contributed by atoms with E-state index in [1.807, 2.05) is 0 Å². The number of carbonyl (C=O) groups excluding carboxylic acids is 1. The molecular formula is C15H11Cl3N2O3. The molecule has 1 amide bonds. The second kappa shape index (κ2) is 7.55. The number of phenolic OH excluding ortho intramolecular Hbond substituents is 1. The van der Waals surface area contributed by atoms with Gasteiger partial charge < -0.3 is 9.84 Å². The van der Waals surface area contributed by atoms with E-state index in [1.54, 1.807) is 6.07 Å². The van der Waals surface area contributed by atoms with Crippen molar-refractivity contribution in [2.24, 2.45) is 5.10 Å². The van der Waals surface area contributed by atoms with Crippen LogP contribution in [0, 0.1) is 0 Å². The van der Waals surface area contributed by atoms with Crippen molar-refractivity contribution in [3.63, 3.8) is 0 Å². The molecule has 0 aliphatic carbocycles. The Balaban J connectivity index is 2.14. The van der Waals surface area contributed by atoms with Crippen molar-refractivity contribution in [3.05, 3.63) is 56.5 Å². The first-order chi connectivity index (χ1) is 10.9. The number of carbonyl (C=O) groups is 1. The highest BCUT2D eigenvalue weighted by Gasteiger charge is 2.11. The number of halogens is 3. The maximum atomic E-state index is 12.0. The zero-order valence-corrected chi connectivity index (χ0v) is 14.1. The molecule has 2 N–H and O–H groups in total. The van der Waals surface area contributed by atoms with E-state index in [0.717, 1.165) is 0 Å². The largest absolute Gasteiger partial charge is 0.503 e. The summed E-state index contributed by atoms with van der Waals surface area (Å²) in [4.78, 5) is 12.0. The summed E-state index contributed by atoms with van der Waals surface area (Å²) in [5.41, 5.74) is 3.06. The van der Waals surface area contributed by atoms with Crippen LogP contribution in [0.15, 0.2) is 35.4 Å². The van der Waals surface area contributed by atoms with Gasteiger partial charge in [0.1, 0.15) is 0 Å². The molecule has 0 fully saturated rings. The Morgan fingerprint density at radius 3 is 2.65 bits per heavy atom. The lowest BCUT2D eigenvalue weighted by Crippen LogP contribution is -2.18. The molecule has 0 radical (unpaired) electrons. The molecule has 0 saturated carbocycles. The Kier molecular flexibility index (Phi) is 5.71. The smallest absolute Gasteiger partial charge is 0.272 e. The topological polar surface area (TPSA) is 70.9 Å². The quantitative estimate of drug-likeness (QED) is 0.625. The van der Waals surface area contributed by atoms with Gasteiger partial charge in [-0.05, 0) is 35.9 Å². The lowest BCUT2D eigenvalue weighted by molar-refractivity contribution is 0.0955. The van der Waals surface area contributed by atoms with Crippen LogP contribution in [0.5, 0.6) is 11.5 Å². The fourth-order valence-corrected chi connectivity index (χ4v) is 2.32. The highest BCUT2D eigenvalue weighted by atomic mass is 35.5. The van der Waals surface area contributed by atoms with Crippen molar-refractivity contribution < 1.29 is 14.6 Å². The van der Waals surface area contributed by atoms with Gasteiger partial charge in [-0.3, -0.25) is 4.79 Å². The predicted molar refractivity (Wildman–Crippen MR) is 91.2 cm³/mol. The second-order valence-electron chi connectivity index (χ2n) is 4.38. The number of hydrazone groups is 1. The minimum absolute atomic E-state index is 0.106. The van der Waals surface area contributed by atoms with Crippen LogP contribution in [0.25, 0.3) is 0 Å². The van der Waals surface area contributed by atoms with E-state index < -0.39 is 5.91 Å². The fraction of sp³-hybridized carbons (Fsp3) is 0.0667. The number of ether oxygens (including phenoxy) is 1. The average molecular weight is 374 g/mol. The van der Waals surface area contributed by atoms with Gasteiger partial charge in [-0.2, -0.15) is 5.10 Å². The summed E-state index contributed by atoms with van der Waals surface area (Å²) < 4.78 is 4.98. The molecule has 0 bridgehead atoms. The summed E-state index contributed by atoms with van der Waals surface area (Å²) in [6.07, 6.45) is 1.35. The maximum Gasteiger partial charge on any atom is 0.272 e. The second-order valence-corrected chi connectivity index (χ2v) is 5.63. The number of hydrogen-bond acceptors (Lipinski definition) is 4. The van der Waals surface area contributed by atoms with E-state index in [0.29, 0.717) is 10.6 Å². The molecule has 0 atom stereocenters. The fourth-order valence-electron chi connectivity index (χ4n) is 1.72. The molecule has 23 heavy (non-hydrogen) atoms. The molecule has 0 saturated heterocycles. The number of rotatable bonds is 4. The molecule has 2 aromatic carbocycles. The molecular weight excluding hydrogens is 363 g/mol. The van der Waals surface area contributed by atoms with Crippen LogP contribution in [0.4, 0.5) is 0 Å². The Bertz CT molecular complexity index is 779. The first-order valence-corrected chi connectivity index (χ1v) is 7.40. The van der Waals surface area contributed by atoms with Crippen LogP contribution in [0.1, 0.15) is 15.9 Å². The Morgan fingerprint density at radius 2 is 1.96 bits per heavy atom. The number of benzene rings is 2. The zero-order chi connectivity index (χ0) is 17.0. The number of nitrogens with zero attached hydrogens (tertiary/aromatic N) is 1. The van der Waals surface area contributed by atoms with Crippen LogP contribution in [0.3, 0.4) is 0 Å². The standard InChI is InChI=1S/C15H11Cl3N2O3/c1-23-13-5-8(4-12(18)14(13)21)7-19-20-15(22)10-6-9(16)2-3-11(10)17/h2-7,21H,1H3,(H,20,22)/b19-7+. The summed E-state index contributed by atoms with van der Waals surface area (Å²) >= 11 is 17.6. The third kappa shape index (κ3) is 4.28. The molecule has 0 aromatic heterocycles. The SMILES string of the molecule is COc1cc(/C=N/NC(=O)c2cc(Cl)ccc2Cl)cc(Cl)c1O. The van der Waals surface area contributed by atoms with Crippen LogP contribution < -0.4 is 10.2 Å². The van der Waals surface area contributed by atoms with Gasteiger partial charge in [0.25, 0.3) is 5.91 Å². The summed E-state index contributed by atoms with van der Waals surface area (Å²) in [5.74, 6) is -0.477. The molecule has 0 unspecified atom stereocenters. The van der Waals surface area contributed by atoms with Crippen LogP contribution >= 0.6 is 34.8 Å². The van der Waals surface area contributed by atoms with Gasteiger partial charge in [0.05, 0.1) is 28.9 Å². The van der Waals surface area contributed by atoms with Gasteiger partial charge in [0.15, 0.2) is 11.5 Å². The van der Waals surface area contributed by atoms with Crippen molar-refractivity contribution in [2.75, 3.05) is 7.11 Å². The van der Waals surface area contributed by atoms with Crippen molar-refractivity contribution in [3.8, 4) is 11.5 Å². The van der Waals surface area contributed by atoms with E-state index in [-0.39, 0.29) is 27.1 Å². The lowest BCUT2D eigenvalue weighted by atomic mass is 10.2. The highest BCUT2D eigenvalue weighted by molar-refractivity contribution is 6.35. The van der Waals surface area contributed by atoms with E-state index in [1.165, 1.54) is 37.6 Å². The van der Waals surface area contributed by atoms with Gasteiger partial charge >= 0.3 is 0 Å². The highest BCUT2D eigenvalue weighted by Crippen LogP contribution is 2.34. The summed E-state index contributed by atoms with van der Waals surface area (Å²) in [6, 6.07) is 7.53. The molecule has 0 aliphatic rings. The maximum absolute atomic E-state index is 12.0. The van der Waals surface area contributed by atoms with E-state index in [2.05, 4.69) is 10.5 Å². The minimum Gasteiger partial charge on any atom is -0.503 e. The number of aromatic hydroxyl groups is 1. The minimum atomic E-state index is -0.509. The van der Waals surface area contributed by atoms with Crippen molar-refractivity contribution in [1.29, 1.82) is 0 Å². The normalized spacial score (nSPS) is 10.8. The lowest BCUT2D eigenvalue weighted by Gasteiger charge is -2.06. The molecule has 0 aliphatic heterocycles. The van der Waals surface area contributed by atoms with Crippen molar-refractivity contribution >= 4 is 46.9 Å². The zero-order valence-electron chi connectivity index (χ0n) is 11.8. The van der Waals surface area contributed by atoms with Gasteiger partial charge in [-0.1, -0.05) is 34.8 Å². The van der Waals surface area contributed by atoms with Gasteiger partial charge in [-0.25, -0.2) is 5.43 Å². The first-order valence-electron chi connectivity index (χ1n) is 6.27. The average Bonchev–Trinajstić information content (AvgIpc) is 2.52. The van der Waals surface area contributed by atoms with Gasteiger partial charge in [0.2, 0.25) is 0 Å². The van der Waals surface area contributed by atoms with Crippen molar-refractivity contribution in [1.82, 2.24) is 5.43 Å². The molecule has 2 rings (SSSR count). The van der Waals surface area contributed by atoms with E-state index >= 15 is 0 Å². The third-order valence-electron chi connectivity index (χ3n) is 2.82. The summed E-state index contributed by atoms with van der Waals surface area (Å²) in [5, 5.41) is 14.2. The molecule has 2 aromatic rings. The number of phenols is 1. The van der Waals surface area contributed by atoms with E-state index in [9.17, 15) is 9.90 Å². The van der Waals surface area contributed by atoms with Crippen LogP contribution in [-0.2, 0) is 0 Å².